The van der Waals surface area contributed by atoms with Gasteiger partial charge in [0.25, 0.3) is 0 Å². The SMILES string of the molecule is CNc1cc(Oc2ccc3c(c2)OCN3C(=O)Nc2cccc(C(F)(F)F)c2)ncn1. The Kier molecular flexibility index (Phi) is 5.24. The number of fused-ring (bicyclic) bond motifs is 1. The molecule has 1 aliphatic rings. The molecule has 0 bridgehead atoms. The van der Waals surface area contributed by atoms with E-state index in [0.29, 0.717) is 28.9 Å². The Labute approximate surface area is 174 Å². The van der Waals surface area contributed by atoms with Gasteiger partial charge in [0.2, 0.25) is 5.88 Å². The molecule has 0 saturated carbocycles. The largest absolute Gasteiger partial charge is 0.470 e. The van der Waals surface area contributed by atoms with Gasteiger partial charge in [-0.25, -0.2) is 14.8 Å². The fourth-order valence-electron chi connectivity index (χ4n) is 2.89. The molecule has 0 spiro atoms. The number of nitrogens with one attached hydrogen (secondary N) is 2. The fourth-order valence-corrected chi connectivity index (χ4v) is 2.89. The minimum absolute atomic E-state index is 0.0253. The van der Waals surface area contributed by atoms with Gasteiger partial charge in [0.05, 0.1) is 11.3 Å². The Balaban J connectivity index is 1.48. The number of rotatable bonds is 4. The van der Waals surface area contributed by atoms with Crippen molar-refractivity contribution in [3.63, 3.8) is 0 Å². The number of halogens is 3. The van der Waals surface area contributed by atoms with Crippen LogP contribution in [0.1, 0.15) is 5.56 Å². The number of alkyl halides is 3. The van der Waals surface area contributed by atoms with E-state index in [0.717, 1.165) is 12.1 Å². The molecule has 2 amide bonds. The Morgan fingerprint density at radius 3 is 2.77 bits per heavy atom. The second-order valence-electron chi connectivity index (χ2n) is 6.43. The topological polar surface area (TPSA) is 88.6 Å². The zero-order chi connectivity index (χ0) is 22.0. The van der Waals surface area contributed by atoms with Crippen LogP contribution in [0.5, 0.6) is 17.4 Å². The van der Waals surface area contributed by atoms with E-state index in [1.165, 1.54) is 23.4 Å². The molecule has 2 heterocycles. The van der Waals surface area contributed by atoms with Gasteiger partial charge in [-0.2, -0.15) is 13.2 Å². The molecule has 0 radical (unpaired) electrons. The van der Waals surface area contributed by atoms with E-state index in [-0.39, 0.29) is 12.4 Å². The molecule has 3 aromatic rings. The summed E-state index contributed by atoms with van der Waals surface area (Å²) < 4.78 is 49.8. The second kappa shape index (κ2) is 8.01. The average Bonchev–Trinajstić information content (AvgIpc) is 3.17. The summed E-state index contributed by atoms with van der Waals surface area (Å²) in [4.78, 5) is 21.9. The first kappa shape index (κ1) is 20.3. The number of aromatic nitrogens is 2. The minimum atomic E-state index is -4.50. The molecule has 1 aliphatic heterocycles. The Hall–Kier alpha value is -4.02. The van der Waals surface area contributed by atoms with Crippen molar-refractivity contribution in [2.75, 3.05) is 29.3 Å². The van der Waals surface area contributed by atoms with E-state index in [4.69, 9.17) is 9.47 Å². The van der Waals surface area contributed by atoms with Crippen molar-refractivity contribution in [1.29, 1.82) is 0 Å². The number of urea groups is 1. The Bertz CT molecular complexity index is 1120. The molecule has 0 fully saturated rings. The average molecular weight is 431 g/mol. The summed E-state index contributed by atoms with van der Waals surface area (Å²) in [7, 11) is 1.72. The summed E-state index contributed by atoms with van der Waals surface area (Å²) in [5, 5.41) is 5.33. The highest BCUT2D eigenvalue weighted by atomic mass is 19.4. The highest BCUT2D eigenvalue weighted by molar-refractivity contribution is 6.03. The molecular formula is C20H16F3N5O3. The third-order valence-corrected chi connectivity index (χ3v) is 4.38. The first-order valence-corrected chi connectivity index (χ1v) is 9.04. The number of benzene rings is 2. The van der Waals surface area contributed by atoms with Crippen molar-refractivity contribution in [3.8, 4) is 17.4 Å². The number of hydrogen-bond donors (Lipinski definition) is 2. The summed E-state index contributed by atoms with van der Waals surface area (Å²) >= 11 is 0. The van der Waals surface area contributed by atoms with Crippen molar-refractivity contribution < 1.29 is 27.4 Å². The van der Waals surface area contributed by atoms with Crippen LogP contribution in [0.25, 0.3) is 0 Å². The normalized spacial score (nSPS) is 12.7. The van der Waals surface area contributed by atoms with Crippen LogP contribution in [0, 0.1) is 0 Å². The molecule has 0 aliphatic carbocycles. The third kappa shape index (κ3) is 4.44. The molecule has 4 rings (SSSR count). The number of hydrogen-bond acceptors (Lipinski definition) is 6. The monoisotopic (exact) mass is 431 g/mol. The molecule has 11 heteroatoms. The van der Waals surface area contributed by atoms with Crippen LogP contribution in [0.4, 0.5) is 35.2 Å². The quantitative estimate of drug-likeness (QED) is 0.622. The summed E-state index contributed by atoms with van der Waals surface area (Å²) in [6, 6.07) is 10.2. The van der Waals surface area contributed by atoms with E-state index in [2.05, 4.69) is 20.6 Å². The summed E-state index contributed by atoms with van der Waals surface area (Å²) in [6.45, 7) is -0.0962. The number of ether oxygens (including phenoxy) is 2. The number of carbonyl (C=O) groups excluding carboxylic acids is 1. The van der Waals surface area contributed by atoms with E-state index in [1.54, 1.807) is 31.3 Å². The first-order chi connectivity index (χ1) is 14.8. The summed E-state index contributed by atoms with van der Waals surface area (Å²) in [5.41, 5.74) is -0.371. The Morgan fingerprint density at radius 1 is 1.16 bits per heavy atom. The number of nitrogens with zero attached hydrogens (tertiary/aromatic N) is 3. The van der Waals surface area contributed by atoms with Crippen molar-refractivity contribution in [3.05, 3.63) is 60.4 Å². The van der Waals surface area contributed by atoms with Gasteiger partial charge in [0.1, 0.15) is 23.6 Å². The van der Waals surface area contributed by atoms with Crippen molar-refractivity contribution in [2.24, 2.45) is 0 Å². The van der Waals surface area contributed by atoms with Gasteiger partial charge in [-0.05, 0) is 30.3 Å². The van der Waals surface area contributed by atoms with Crippen LogP contribution in [-0.2, 0) is 6.18 Å². The van der Waals surface area contributed by atoms with Gasteiger partial charge in [0, 0.05) is 24.9 Å². The predicted molar refractivity (Wildman–Crippen MR) is 107 cm³/mol. The smallest absolute Gasteiger partial charge is 0.416 e. The number of amides is 2. The van der Waals surface area contributed by atoms with E-state index in [1.807, 2.05) is 0 Å². The summed E-state index contributed by atoms with van der Waals surface area (Å²) in [6.07, 6.45) is -3.15. The van der Waals surface area contributed by atoms with Gasteiger partial charge in [0.15, 0.2) is 6.73 Å². The lowest BCUT2D eigenvalue weighted by atomic mass is 10.2. The van der Waals surface area contributed by atoms with E-state index in [9.17, 15) is 18.0 Å². The van der Waals surface area contributed by atoms with E-state index >= 15 is 0 Å². The first-order valence-electron chi connectivity index (χ1n) is 9.04. The molecule has 2 N–H and O–H groups in total. The van der Waals surface area contributed by atoms with Gasteiger partial charge in [-0.15, -0.1) is 0 Å². The molecule has 0 unspecified atom stereocenters. The number of anilines is 3. The van der Waals surface area contributed by atoms with Crippen molar-refractivity contribution >= 4 is 23.2 Å². The van der Waals surface area contributed by atoms with Crippen LogP contribution in [-0.4, -0.2) is 29.8 Å². The molecule has 160 valence electrons. The highest BCUT2D eigenvalue weighted by Crippen LogP contribution is 2.38. The van der Waals surface area contributed by atoms with Gasteiger partial charge in [-0.1, -0.05) is 6.07 Å². The second-order valence-corrected chi connectivity index (χ2v) is 6.43. The molecule has 31 heavy (non-hydrogen) atoms. The fraction of sp³-hybridized carbons (Fsp3) is 0.150. The van der Waals surface area contributed by atoms with Gasteiger partial charge >= 0.3 is 12.2 Å². The van der Waals surface area contributed by atoms with Crippen LogP contribution in [0.15, 0.2) is 54.9 Å². The summed E-state index contributed by atoms with van der Waals surface area (Å²) in [5.74, 6) is 1.72. The molecule has 1 aromatic heterocycles. The number of carbonyl (C=O) groups is 1. The maximum absolute atomic E-state index is 12.9. The minimum Gasteiger partial charge on any atom is -0.470 e. The molecule has 0 atom stereocenters. The predicted octanol–water partition coefficient (Wildman–Crippen LogP) is 4.72. The molecular weight excluding hydrogens is 415 g/mol. The van der Waals surface area contributed by atoms with Crippen molar-refractivity contribution in [2.45, 2.75) is 6.18 Å². The van der Waals surface area contributed by atoms with Crippen molar-refractivity contribution in [1.82, 2.24) is 9.97 Å². The lowest BCUT2D eigenvalue weighted by molar-refractivity contribution is -0.137. The maximum atomic E-state index is 12.9. The molecule has 0 saturated heterocycles. The van der Waals surface area contributed by atoms with E-state index < -0.39 is 17.8 Å². The van der Waals surface area contributed by atoms with Gasteiger partial charge in [-0.3, -0.25) is 4.90 Å². The Morgan fingerprint density at radius 2 is 2.00 bits per heavy atom. The standard InChI is InChI=1S/C20H16F3N5O3/c1-24-17-9-18(26-10-25-17)31-14-5-6-15-16(8-14)30-11-28(15)19(29)27-13-4-2-3-12(7-13)20(21,22)23/h2-10H,11H2,1H3,(H,27,29)(H,24,25,26). The molecule has 2 aromatic carbocycles. The van der Waals surface area contributed by atoms with Crippen LogP contribution < -0.4 is 25.0 Å². The lowest BCUT2D eigenvalue weighted by Crippen LogP contribution is -2.34. The van der Waals surface area contributed by atoms with Crippen LogP contribution in [0.2, 0.25) is 0 Å². The lowest BCUT2D eigenvalue weighted by Gasteiger charge is -2.16. The highest BCUT2D eigenvalue weighted by Gasteiger charge is 2.31. The van der Waals surface area contributed by atoms with Gasteiger partial charge < -0.3 is 20.1 Å². The third-order valence-electron chi connectivity index (χ3n) is 4.38. The zero-order valence-electron chi connectivity index (χ0n) is 16.1. The maximum Gasteiger partial charge on any atom is 0.416 e. The zero-order valence-corrected chi connectivity index (χ0v) is 16.1. The molecule has 8 nitrogen and oxygen atoms in total. The van der Waals surface area contributed by atoms with Crippen LogP contribution in [0.3, 0.4) is 0 Å². The van der Waals surface area contributed by atoms with Crippen LogP contribution >= 0.6 is 0 Å².